The first kappa shape index (κ1) is 25.0. The van der Waals surface area contributed by atoms with Crippen molar-refractivity contribution in [3.8, 4) is 11.5 Å². The van der Waals surface area contributed by atoms with Crippen molar-refractivity contribution < 1.29 is 19.1 Å². The molecule has 0 aliphatic carbocycles. The summed E-state index contributed by atoms with van der Waals surface area (Å²) in [6, 6.07) is 5.36. The van der Waals surface area contributed by atoms with Crippen molar-refractivity contribution in [2.24, 2.45) is 0 Å². The lowest BCUT2D eigenvalue weighted by Gasteiger charge is -2.08. The highest BCUT2D eigenvalue weighted by Gasteiger charge is 2.14. The van der Waals surface area contributed by atoms with Gasteiger partial charge >= 0.3 is 0 Å². The predicted molar refractivity (Wildman–Crippen MR) is 132 cm³/mol. The van der Waals surface area contributed by atoms with E-state index in [-0.39, 0.29) is 24.1 Å². The number of aromatic nitrogens is 4. The molecule has 3 rings (SSSR count). The third-order valence-electron chi connectivity index (χ3n) is 4.37. The van der Waals surface area contributed by atoms with Gasteiger partial charge in [-0.05, 0) is 23.8 Å². The number of nitrogens with one attached hydrogen (secondary N) is 2. The van der Waals surface area contributed by atoms with Gasteiger partial charge in [0.05, 0.1) is 26.5 Å². The van der Waals surface area contributed by atoms with Gasteiger partial charge in [0.15, 0.2) is 27.6 Å². The van der Waals surface area contributed by atoms with Crippen LogP contribution in [0.2, 0.25) is 0 Å². The highest BCUT2D eigenvalue weighted by molar-refractivity contribution is 7.99. The summed E-state index contributed by atoms with van der Waals surface area (Å²) < 4.78 is 12.3. The molecule has 0 bridgehead atoms. The molecular formula is C22H24N6O4S2. The molecule has 0 aliphatic heterocycles. The van der Waals surface area contributed by atoms with Gasteiger partial charge in [-0.25, -0.2) is 4.98 Å². The predicted octanol–water partition coefficient (Wildman–Crippen LogP) is 3.00. The molecule has 3 aromatic rings. The SMILES string of the molecule is C=CCn1c(CNC(=O)C=Cc2ccc(OC)c(OC)c2)nnc1SCC(=O)Nc1nccs1. The molecule has 12 heteroatoms. The van der Waals surface area contributed by atoms with E-state index in [2.05, 4.69) is 32.4 Å². The fourth-order valence-electron chi connectivity index (χ4n) is 2.79. The van der Waals surface area contributed by atoms with Crippen LogP contribution in [0.15, 0.2) is 53.7 Å². The minimum atomic E-state index is -0.292. The standard InChI is InChI=1S/C22H24N6O4S2/c1-4-10-28-18(26-27-22(28)34-14-20(30)25-21-23-9-11-33-21)13-24-19(29)8-6-15-5-7-16(31-2)17(12-15)32-3/h4-9,11-12H,1,10,13-14H2,2-3H3,(H,24,29)(H,23,25,30). The number of anilines is 1. The molecule has 10 nitrogen and oxygen atoms in total. The molecule has 0 saturated carbocycles. The van der Waals surface area contributed by atoms with Crippen LogP contribution in [0, 0.1) is 0 Å². The van der Waals surface area contributed by atoms with Gasteiger partial charge in [-0.1, -0.05) is 23.9 Å². The lowest BCUT2D eigenvalue weighted by Crippen LogP contribution is -2.23. The second kappa shape index (κ2) is 12.6. The molecular weight excluding hydrogens is 476 g/mol. The van der Waals surface area contributed by atoms with Gasteiger partial charge < -0.3 is 24.7 Å². The molecule has 0 spiro atoms. The summed E-state index contributed by atoms with van der Waals surface area (Å²) >= 11 is 2.59. The maximum atomic E-state index is 12.3. The summed E-state index contributed by atoms with van der Waals surface area (Å²) in [5.74, 6) is 1.40. The molecule has 178 valence electrons. The number of carbonyl (C=O) groups is 2. The fourth-order valence-corrected chi connectivity index (χ4v) is 4.10. The van der Waals surface area contributed by atoms with E-state index in [1.165, 1.54) is 29.2 Å². The Morgan fingerprint density at radius 2 is 2.06 bits per heavy atom. The van der Waals surface area contributed by atoms with Gasteiger partial charge in [-0.3, -0.25) is 9.59 Å². The number of hydrogen-bond donors (Lipinski definition) is 2. The monoisotopic (exact) mass is 500 g/mol. The molecule has 0 radical (unpaired) electrons. The van der Waals surface area contributed by atoms with Crippen LogP contribution in [-0.2, 0) is 22.7 Å². The topological polar surface area (TPSA) is 120 Å². The number of thiazole rings is 1. The average molecular weight is 501 g/mol. The molecule has 0 fully saturated rings. The van der Waals surface area contributed by atoms with E-state index in [4.69, 9.17) is 9.47 Å². The molecule has 2 heterocycles. The minimum absolute atomic E-state index is 0.148. The third kappa shape index (κ3) is 6.93. The maximum Gasteiger partial charge on any atom is 0.244 e. The zero-order valence-electron chi connectivity index (χ0n) is 18.7. The Hall–Kier alpha value is -3.64. The van der Waals surface area contributed by atoms with Crippen LogP contribution >= 0.6 is 23.1 Å². The van der Waals surface area contributed by atoms with Crippen molar-refractivity contribution in [3.63, 3.8) is 0 Å². The highest BCUT2D eigenvalue weighted by Crippen LogP contribution is 2.28. The third-order valence-corrected chi connectivity index (χ3v) is 6.03. The molecule has 0 saturated heterocycles. The fraction of sp³-hybridized carbons (Fsp3) is 0.227. The number of hydrogen-bond acceptors (Lipinski definition) is 9. The van der Waals surface area contributed by atoms with Gasteiger partial charge in [0.25, 0.3) is 0 Å². The van der Waals surface area contributed by atoms with Crippen LogP contribution in [0.25, 0.3) is 6.08 Å². The quantitative estimate of drug-likeness (QED) is 0.221. The molecule has 0 unspecified atom stereocenters. The van der Waals surface area contributed by atoms with E-state index in [0.29, 0.717) is 34.2 Å². The second-order valence-corrected chi connectivity index (χ2v) is 8.47. The van der Waals surface area contributed by atoms with E-state index in [1.54, 1.807) is 54.6 Å². The van der Waals surface area contributed by atoms with E-state index in [1.807, 2.05) is 6.07 Å². The smallest absolute Gasteiger partial charge is 0.244 e. The molecule has 2 aromatic heterocycles. The maximum absolute atomic E-state index is 12.3. The lowest BCUT2D eigenvalue weighted by molar-refractivity contribution is -0.116. The first-order chi connectivity index (χ1) is 16.5. The van der Waals surface area contributed by atoms with Crippen LogP contribution in [0.1, 0.15) is 11.4 Å². The van der Waals surface area contributed by atoms with Crippen molar-refractivity contribution >= 4 is 46.1 Å². The van der Waals surface area contributed by atoms with Crippen LogP contribution in [0.3, 0.4) is 0 Å². The number of allylic oxidation sites excluding steroid dienone is 1. The summed E-state index contributed by atoms with van der Waals surface area (Å²) in [7, 11) is 3.12. The largest absolute Gasteiger partial charge is 0.493 e. The van der Waals surface area contributed by atoms with E-state index in [9.17, 15) is 9.59 Å². The van der Waals surface area contributed by atoms with Crippen molar-refractivity contribution in [2.75, 3.05) is 25.3 Å². The number of carbonyl (C=O) groups excluding carboxylic acids is 2. The number of methoxy groups -OCH3 is 2. The van der Waals surface area contributed by atoms with E-state index >= 15 is 0 Å². The Morgan fingerprint density at radius 3 is 2.76 bits per heavy atom. The average Bonchev–Trinajstić information content (AvgIpc) is 3.50. The Labute approximate surface area is 205 Å². The van der Waals surface area contributed by atoms with Crippen molar-refractivity contribution in [2.45, 2.75) is 18.2 Å². The normalized spacial score (nSPS) is 10.8. The van der Waals surface area contributed by atoms with Gasteiger partial charge in [-0.15, -0.1) is 28.1 Å². The number of rotatable bonds is 12. The van der Waals surface area contributed by atoms with Crippen LogP contribution in [-0.4, -0.2) is 51.5 Å². The van der Waals surface area contributed by atoms with Crippen LogP contribution in [0.4, 0.5) is 5.13 Å². The molecule has 2 amide bonds. The first-order valence-electron chi connectivity index (χ1n) is 10.1. The van der Waals surface area contributed by atoms with E-state index in [0.717, 1.165) is 5.56 Å². The Kier molecular flexibility index (Phi) is 9.23. The van der Waals surface area contributed by atoms with E-state index < -0.39 is 0 Å². The van der Waals surface area contributed by atoms with Gasteiger partial charge in [0.1, 0.15) is 0 Å². The highest BCUT2D eigenvalue weighted by atomic mass is 32.2. The summed E-state index contributed by atoms with van der Waals surface area (Å²) in [4.78, 5) is 28.5. The number of nitrogens with zero attached hydrogens (tertiary/aromatic N) is 4. The Balaban J connectivity index is 1.57. The lowest BCUT2D eigenvalue weighted by atomic mass is 10.2. The van der Waals surface area contributed by atoms with Crippen LogP contribution < -0.4 is 20.1 Å². The first-order valence-corrected chi connectivity index (χ1v) is 11.9. The number of ether oxygens (including phenoxy) is 2. The Bertz CT molecular complexity index is 1160. The Morgan fingerprint density at radius 1 is 1.24 bits per heavy atom. The van der Waals surface area contributed by atoms with Gasteiger partial charge in [0, 0.05) is 24.2 Å². The number of amides is 2. The molecule has 34 heavy (non-hydrogen) atoms. The second-order valence-electron chi connectivity index (χ2n) is 6.64. The summed E-state index contributed by atoms with van der Waals surface area (Å²) in [6.07, 6.45) is 6.42. The van der Waals surface area contributed by atoms with Gasteiger partial charge in [-0.2, -0.15) is 0 Å². The van der Waals surface area contributed by atoms with Crippen molar-refractivity contribution in [1.82, 2.24) is 25.1 Å². The van der Waals surface area contributed by atoms with Crippen molar-refractivity contribution in [1.29, 1.82) is 0 Å². The summed E-state index contributed by atoms with van der Waals surface area (Å²) in [5, 5.41) is 16.7. The van der Waals surface area contributed by atoms with Crippen molar-refractivity contribution in [3.05, 3.63) is 59.9 Å². The van der Waals surface area contributed by atoms with Crippen LogP contribution in [0.5, 0.6) is 11.5 Å². The molecule has 1 aromatic carbocycles. The summed E-state index contributed by atoms with van der Waals surface area (Å²) in [5.41, 5.74) is 0.789. The minimum Gasteiger partial charge on any atom is -0.493 e. The number of thioether (sulfide) groups is 1. The zero-order valence-corrected chi connectivity index (χ0v) is 20.3. The van der Waals surface area contributed by atoms with Gasteiger partial charge in [0.2, 0.25) is 11.8 Å². The molecule has 2 N–H and O–H groups in total. The zero-order chi connectivity index (χ0) is 24.3. The molecule has 0 atom stereocenters. The summed E-state index contributed by atoms with van der Waals surface area (Å²) in [6.45, 7) is 4.37. The molecule has 0 aliphatic rings. The number of benzene rings is 1.